The summed E-state index contributed by atoms with van der Waals surface area (Å²) in [6.07, 6.45) is -0.858. The van der Waals surface area contributed by atoms with Gasteiger partial charge in [0.15, 0.2) is 6.29 Å². The molecule has 1 rings (SSSR count). The van der Waals surface area contributed by atoms with Crippen LogP contribution < -0.4 is 0 Å². The highest BCUT2D eigenvalue weighted by Gasteiger charge is 2.58. The van der Waals surface area contributed by atoms with E-state index in [1.54, 1.807) is 27.7 Å². The Hall–Kier alpha value is -1.18. The van der Waals surface area contributed by atoms with Crippen molar-refractivity contribution < 1.29 is 33.6 Å². The predicted octanol–water partition coefficient (Wildman–Crippen LogP) is 0.489. The average molecular weight is 304 g/mol. The summed E-state index contributed by atoms with van der Waals surface area (Å²) >= 11 is 0. The molecule has 1 heterocycles. The van der Waals surface area contributed by atoms with Crippen molar-refractivity contribution in [1.29, 1.82) is 0 Å². The van der Waals surface area contributed by atoms with Crippen molar-refractivity contribution >= 4 is 11.9 Å². The molecule has 0 amide bonds. The lowest BCUT2D eigenvalue weighted by Gasteiger charge is -2.36. The van der Waals surface area contributed by atoms with E-state index >= 15 is 0 Å². The predicted molar refractivity (Wildman–Crippen MR) is 72.2 cm³/mol. The number of aliphatic hydroxyl groups is 1. The first-order chi connectivity index (χ1) is 9.89. The quantitative estimate of drug-likeness (QED) is 0.540. The maximum atomic E-state index is 12.2. The molecule has 0 spiro atoms. The minimum atomic E-state index is -2.45. The van der Waals surface area contributed by atoms with Crippen LogP contribution in [0.3, 0.4) is 0 Å². The van der Waals surface area contributed by atoms with Crippen LogP contribution in [0.4, 0.5) is 0 Å². The second-order valence-corrected chi connectivity index (χ2v) is 5.09. The van der Waals surface area contributed by atoms with Crippen LogP contribution >= 0.6 is 0 Å². The zero-order valence-corrected chi connectivity index (χ0v) is 13.0. The minimum Gasteiger partial charge on any atom is -0.463 e. The van der Waals surface area contributed by atoms with E-state index in [4.69, 9.17) is 18.9 Å². The topological polar surface area (TPSA) is 91.3 Å². The van der Waals surface area contributed by atoms with Crippen molar-refractivity contribution in [3.8, 4) is 0 Å². The van der Waals surface area contributed by atoms with Gasteiger partial charge in [-0.1, -0.05) is 13.8 Å². The van der Waals surface area contributed by atoms with Gasteiger partial charge in [0.1, 0.15) is 0 Å². The molecule has 0 aromatic carbocycles. The van der Waals surface area contributed by atoms with Gasteiger partial charge in [-0.2, -0.15) is 0 Å². The van der Waals surface area contributed by atoms with E-state index in [-0.39, 0.29) is 19.1 Å². The number of esters is 2. The Morgan fingerprint density at radius 2 is 1.57 bits per heavy atom. The van der Waals surface area contributed by atoms with Gasteiger partial charge in [0.25, 0.3) is 5.60 Å². The molecular formula is C14H24O7. The average Bonchev–Trinajstić information content (AvgIpc) is 2.92. The highest BCUT2D eigenvalue weighted by atomic mass is 16.7. The van der Waals surface area contributed by atoms with E-state index in [9.17, 15) is 14.7 Å². The summed E-state index contributed by atoms with van der Waals surface area (Å²) in [6, 6.07) is 0. The molecule has 0 aromatic heterocycles. The SMILES string of the molecule is CCOC(=O)C(O)(C(=O)OCC)[C@H](C(C)C)C1OCCO1. The zero-order valence-electron chi connectivity index (χ0n) is 13.0. The number of hydrogen-bond acceptors (Lipinski definition) is 7. The lowest BCUT2D eigenvalue weighted by Crippen LogP contribution is -2.59. The molecule has 0 aliphatic carbocycles. The molecule has 1 saturated heterocycles. The summed E-state index contributed by atoms with van der Waals surface area (Å²) in [5, 5.41) is 10.8. The normalized spacial score (nSPS) is 17.8. The Kier molecular flexibility index (Phi) is 6.57. The first kappa shape index (κ1) is 17.9. The molecule has 0 saturated carbocycles. The molecule has 1 aliphatic heterocycles. The van der Waals surface area contributed by atoms with Gasteiger partial charge in [-0.3, -0.25) is 0 Å². The molecule has 21 heavy (non-hydrogen) atoms. The van der Waals surface area contributed by atoms with Gasteiger partial charge < -0.3 is 24.1 Å². The Morgan fingerprint density at radius 1 is 1.14 bits per heavy atom. The van der Waals surface area contributed by atoms with Crippen molar-refractivity contribution in [2.75, 3.05) is 26.4 Å². The lowest BCUT2D eigenvalue weighted by atomic mass is 9.78. The van der Waals surface area contributed by atoms with Gasteiger partial charge in [0.05, 0.1) is 32.3 Å². The molecule has 0 aromatic rings. The zero-order chi connectivity index (χ0) is 16.0. The summed E-state index contributed by atoms with van der Waals surface area (Å²) in [5.41, 5.74) is -2.45. The number of rotatable bonds is 7. The molecule has 0 radical (unpaired) electrons. The Balaban J connectivity index is 3.16. The Bertz CT molecular complexity index is 342. The lowest BCUT2D eigenvalue weighted by molar-refractivity contribution is -0.213. The van der Waals surface area contributed by atoms with Crippen molar-refractivity contribution in [3.05, 3.63) is 0 Å². The molecule has 122 valence electrons. The van der Waals surface area contributed by atoms with E-state index < -0.39 is 29.7 Å². The summed E-state index contributed by atoms with van der Waals surface area (Å²) in [4.78, 5) is 24.4. The molecule has 7 heteroatoms. The number of carbonyl (C=O) groups excluding carboxylic acids is 2. The Labute approximate surface area is 124 Å². The Morgan fingerprint density at radius 3 is 1.90 bits per heavy atom. The van der Waals surface area contributed by atoms with E-state index in [1.807, 2.05) is 0 Å². The van der Waals surface area contributed by atoms with Crippen molar-refractivity contribution in [2.45, 2.75) is 39.6 Å². The van der Waals surface area contributed by atoms with Crippen LogP contribution in [0.25, 0.3) is 0 Å². The summed E-state index contributed by atoms with van der Waals surface area (Å²) < 4.78 is 20.5. The second kappa shape index (κ2) is 7.72. The van der Waals surface area contributed by atoms with Gasteiger partial charge in [-0.05, 0) is 19.8 Å². The fraction of sp³-hybridized carbons (Fsp3) is 0.857. The summed E-state index contributed by atoms with van der Waals surface area (Å²) in [5.74, 6) is -3.27. The molecule has 0 unspecified atom stereocenters. The third-order valence-electron chi connectivity index (χ3n) is 3.31. The molecule has 0 bridgehead atoms. The molecule has 1 fully saturated rings. The monoisotopic (exact) mass is 304 g/mol. The van der Waals surface area contributed by atoms with E-state index in [2.05, 4.69) is 0 Å². The van der Waals surface area contributed by atoms with Gasteiger partial charge in [-0.15, -0.1) is 0 Å². The van der Waals surface area contributed by atoms with Crippen molar-refractivity contribution in [1.82, 2.24) is 0 Å². The summed E-state index contributed by atoms with van der Waals surface area (Å²) in [7, 11) is 0. The van der Waals surface area contributed by atoms with E-state index in [0.29, 0.717) is 13.2 Å². The number of carbonyl (C=O) groups is 2. The third-order valence-corrected chi connectivity index (χ3v) is 3.31. The molecule has 1 atom stereocenters. The third kappa shape index (κ3) is 3.72. The van der Waals surface area contributed by atoms with Gasteiger partial charge >= 0.3 is 11.9 Å². The molecule has 1 N–H and O–H groups in total. The second-order valence-electron chi connectivity index (χ2n) is 5.09. The molecule has 1 aliphatic rings. The maximum Gasteiger partial charge on any atom is 0.350 e. The highest BCUT2D eigenvalue weighted by Crippen LogP contribution is 2.34. The van der Waals surface area contributed by atoms with Gasteiger partial charge in [0.2, 0.25) is 0 Å². The van der Waals surface area contributed by atoms with Crippen LogP contribution in [0.15, 0.2) is 0 Å². The fourth-order valence-electron chi connectivity index (χ4n) is 2.42. The number of ether oxygens (including phenoxy) is 4. The van der Waals surface area contributed by atoms with Crippen molar-refractivity contribution in [2.24, 2.45) is 11.8 Å². The highest BCUT2D eigenvalue weighted by molar-refractivity contribution is 6.03. The van der Waals surface area contributed by atoms with Crippen molar-refractivity contribution in [3.63, 3.8) is 0 Å². The minimum absolute atomic E-state index is 0.0394. The molecule has 7 nitrogen and oxygen atoms in total. The summed E-state index contributed by atoms with van der Waals surface area (Å²) in [6.45, 7) is 7.48. The molecular weight excluding hydrogens is 280 g/mol. The van der Waals surface area contributed by atoms with Crippen LogP contribution in [0.5, 0.6) is 0 Å². The first-order valence-corrected chi connectivity index (χ1v) is 7.19. The standard InChI is InChI=1S/C14H24O7/c1-5-18-12(15)14(17,13(16)19-6-2)10(9(3)4)11-20-7-8-21-11/h9-11,17H,5-8H2,1-4H3/t10-/m1/s1. The number of hydrogen-bond donors (Lipinski definition) is 1. The van der Waals surface area contributed by atoms with Crippen LogP contribution in [-0.2, 0) is 28.5 Å². The largest absolute Gasteiger partial charge is 0.463 e. The fourth-order valence-corrected chi connectivity index (χ4v) is 2.42. The van der Waals surface area contributed by atoms with E-state index in [0.717, 1.165) is 0 Å². The first-order valence-electron chi connectivity index (χ1n) is 7.19. The smallest absolute Gasteiger partial charge is 0.350 e. The van der Waals surface area contributed by atoms with E-state index in [1.165, 1.54) is 0 Å². The maximum absolute atomic E-state index is 12.2. The van der Waals surface area contributed by atoms with Crippen LogP contribution in [-0.4, -0.2) is 55.4 Å². The van der Waals surface area contributed by atoms with Crippen LogP contribution in [0.1, 0.15) is 27.7 Å². The van der Waals surface area contributed by atoms with Crippen LogP contribution in [0, 0.1) is 11.8 Å². The van der Waals surface area contributed by atoms with Gasteiger partial charge in [0, 0.05) is 0 Å². The van der Waals surface area contributed by atoms with Gasteiger partial charge in [-0.25, -0.2) is 9.59 Å². The van der Waals surface area contributed by atoms with Crippen LogP contribution in [0.2, 0.25) is 0 Å².